The summed E-state index contributed by atoms with van der Waals surface area (Å²) in [7, 11) is 0. The first-order valence-corrected chi connectivity index (χ1v) is 13.3. The van der Waals surface area contributed by atoms with E-state index in [2.05, 4.69) is 94.5 Å². The Morgan fingerprint density at radius 1 is 0.914 bits per heavy atom. The maximum Gasteiger partial charge on any atom is 0.128 e. The van der Waals surface area contributed by atoms with Crippen molar-refractivity contribution in [1.82, 2.24) is 0 Å². The second-order valence-corrected chi connectivity index (χ2v) is 11.0. The number of fused-ring (bicyclic) bond motifs is 3. The molecule has 0 spiro atoms. The highest BCUT2D eigenvalue weighted by molar-refractivity contribution is 6.31. The molecule has 180 valence electrons. The molecule has 0 fully saturated rings. The topological polar surface area (TPSA) is 9.23 Å². The Morgan fingerprint density at radius 2 is 1.74 bits per heavy atom. The molecule has 0 amide bonds. The Balaban J connectivity index is 1.48. The van der Waals surface area contributed by atoms with E-state index < -0.39 is 0 Å². The summed E-state index contributed by atoms with van der Waals surface area (Å²) in [6.07, 6.45) is 13.2. The Morgan fingerprint density at radius 3 is 2.54 bits per heavy atom. The Hall–Kier alpha value is -2.77. The summed E-state index contributed by atoms with van der Waals surface area (Å²) in [5.74, 6) is 1.01. The number of aryl methyl sites for hydroxylation is 4. The van der Waals surface area contributed by atoms with Gasteiger partial charge in [-0.05, 0) is 116 Å². The van der Waals surface area contributed by atoms with Gasteiger partial charge in [0.05, 0.1) is 0 Å². The van der Waals surface area contributed by atoms with Crippen molar-refractivity contribution in [2.45, 2.75) is 71.8 Å². The lowest BCUT2D eigenvalue weighted by atomic mass is 9.82. The zero-order valence-electron chi connectivity index (χ0n) is 21.4. The Labute approximate surface area is 215 Å². The van der Waals surface area contributed by atoms with Gasteiger partial charge in [0.2, 0.25) is 0 Å². The van der Waals surface area contributed by atoms with Gasteiger partial charge < -0.3 is 4.74 Å². The summed E-state index contributed by atoms with van der Waals surface area (Å²) in [6.45, 7) is 8.56. The molecule has 0 saturated heterocycles. The van der Waals surface area contributed by atoms with Gasteiger partial charge >= 0.3 is 0 Å². The minimum Gasteiger partial charge on any atom is -0.483 e. The fraction of sp³-hybridized carbons (Fsp3) is 0.333. The van der Waals surface area contributed by atoms with Crippen molar-refractivity contribution in [1.29, 1.82) is 0 Å². The summed E-state index contributed by atoms with van der Waals surface area (Å²) in [6, 6.07) is 17.9. The van der Waals surface area contributed by atoms with Crippen molar-refractivity contribution < 1.29 is 4.74 Å². The number of benzene rings is 3. The molecule has 0 unspecified atom stereocenters. The summed E-state index contributed by atoms with van der Waals surface area (Å²) >= 11 is 6.57. The van der Waals surface area contributed by atoms with E-state index in [-0.39, 0.29) is 5.60 Å². The van der Waals surface area contributed by atoms with E-state index in [1.54, 1.807) is 0 Å². The molecule has 3 aromatic carbocycles. The SMILES string of the molecule is CCCc1ccc(C2=Cc3ccc4c(c3CC2)C=CC(C)(C)O4)c(CCc2ccc(C)cc2Cl)c1. The lowest BCUT2D eigenvalue weighted by Gasteiger charge is -2.30. The average Bonchev–Trinajstić information content (AvgIpc) is 2.82. The first-order chi connectivity index (χ1) is 16.8. The van der Waals surface area contributed by atoms with Gasteiger partial charge in [-0.3, -0.25) is 0 Å². The summed E-state index contributed by atoms with van der Waals surface area (Å²) in [4.78, 5) is 0. The molecule has 1 nitrogen and oxygen atoms in total. The standard InChI is InChI=1S/C33H35ClO/c1-5-6-23-8-14-28(25(20-23)11-10-24-9-7-22(2)19-31(24)34)26-12-15-29-27(21-26)13-16-32-30(29)17-18-33(3,4)35-32/h7-9,13-14,16-21H,5-6,10-12,15H2,1-4H3. The minimum absolute atomic E-state index is 0.244. The van der Waals surface area contributed by atoms with Crippen LogP contribution in [-0.2, 0) is 25.7 Å². The predicted octanol–water partition coefficient (Wildman–Crippen LogP) is 9.06. The number of halogens is 1. The summed E-state index contributed by atoms with van der Waals surface area (Å²) < 4.78 is 6.22. The van der Waals surface area contributed by atoms with E-state index in [1.165, 1.54) is 50.1 Å². The lowest BCUT2D eigenvalue weighted by molar-refractivity contribution is 0.159. The van der Waals surface area contributed by atoms with Crippen molar-refractivity contribution in [3.63, 3.8) is 0 Å². The fourth-order valence-electron chi connectivity index (χ4n) is 5.42. The fourth-order valence-corrected chi connectivity index (χ4v) is 5.74. The largest absolute Gasteiger partial charge is 0.483 e. The third kappa shape index (κ3) is 5.11. The van der Waals surface area contributed by atoms with Crippen LogP contribution in [0.5, 0.6) is 5.75 Å². The predicted molar refractivity (Wildman–Crippen MR) is 150 cm³/mol. The molecule has 2 aliphatic rings. The van der Waals surface area contributed by atoms with E-state index in [0.717, 1.165) is 49.3 Å². The van der Waals surface area contributed by atoms with Crippen molar-refractivity contribution in [2.24, 2.45) is 0 Å². The number of allylic oxidation sites excluding steroid dienone is 1. The number of rotatable bonds is 6. The Bertz CT molecular complexity index is 1330. The van der Waals surface area contributed by atoms with Crippen LogP contribution in [0.15, 0.2) is 54.6 Å². The van der Waals surface area contributed by atoms with E-state index in [4.69, 9.17) is 16.3 Å². The van der Waals surface area contributed by atoms with Gasteiger partial charge in [0.15, 0.2) is 0 Å². The molecule has 0 N–H and O–H groups in total. The van der Waals surface area contributed by atoms with Crippen molar-refractivity contribution in [2.75, 3.05) is 0 Å². The smallest absolute Gasteiger partial charge is 0.128 e. The zero-order chi connectivity index (χ0) is 24.6. The maximum absolute atomic E-state index is 6.57. The number of hydrogen-bond acceptors (Lipinski definition) is 1. The van der Waals surface area contributed by atoms with E-state index in [0.29, 0.717) is 0 Å². The van der Waals surface area contributed by atoms with Crippen LogP contribution < -0.4 is 4.74 Å². The second kappa shape index (κ2) is 9.70. The highest BCUT2D eigenvalue weighted by atomic mass is 35.5. The molecule has 0 aromatic heterocycles. The molecular weight excluding hydrogens is 448 g/mol. The third-order valence-electron chi connectivity index (χ3n) is 7.28. The third-order valence-corrected chi connectivity index (χ3v) is 7.63. The number of ether oxygens (including phenoxy) is 1. The van der Waals surface area contributed by atoms with Crippen LogP contribution in [0.1, 0.15) is 78.1 Å². The molecule has 0 bridgehead atoms. The van der Waals surface area contributed by atoms with Crippen LogP contribution in [0.2, 0.25) is 5.02 Å². The van der Waals surface area contributed by atoms with Crippen molar-refractivity contribution >= 4 is 29.3 Å². The summed E-state index contributed by atoms with van der Waals surface area (Å²) in [5, 5.41) is 0.880. The molecule has 5 rings (SSSR count). The molecule has 1 heterocycles. The number of hydrogen-bond donors (Lipinski definition) is 0. The van der Waals surface area contributed by atoms with Gasteiger partial charge in [-0.25, -0.2) is 0 Å². The van der Waals surface area contributed by atoms with E-state index in [9.17, 15) is 0 Å². The normalized spacial score (nSPS) is 15.7. The van der Waals surface area contributed by atoms with Crippen LogP contribution in [0.3, 0.4) is 0 Å². The van der Waals surface area contributed by atoms with Gasteiger partial charge in [0.1, 0.15) is 11.4 Å². The van der Waals surface area contributed by atoms with Crippen LogP contribution in [-0.4, -0.2) is 5.60 Å². The molecule has 2 heteroatoms. The van der Waals surface area contributed by atoms with Crippen molar-refractivity contribution in [3.8, 4) is 5.75 Å². The van der Waals surface area contributed by atoms with Gasteiger partial charge in [-0.15, -0.1) is 0 Å². The van der Waals surface area contributed by atoms with Gasteiger partial charge in [-0.1, -0.05) is 73.5 Å². The van der Waals surface area contributed by atoms with Gasteiger partial charge in [-0.2, -0.15) is 0 Å². The summed E-state index contributed by atoms with van der Waals surface area (Å²) in [5.41, 5.74) is 11.9. The van der Waals surface area contributed by atoms with Crippen LogP contribution in [0, 0.1) is 6.92 Å². The Kier molecular flexibility index (Phi) is 6.64. The molecule has 1 aliphatic heterocycles. The molecule has 3 aromatic rings. The molecular formula is C33H35ClO. The van der Waals surface area contributed by atoms with Gasteiger partial charge in [0, 0.05) is 10.6 Å². The molecule has 0 atom stereocenters. The highest BCUT2D eigenvalue weighted by Gasteiger charge is 2.25. The van der Waals surface area contributed by atoms with E-state index >= 15 is 0 Å². The zero-order valence-corrected chi connectivity index (χ0v) is 22.1. The average molecular weight is 483 g/mol. The first-order valence-electron chi connectivity index (χ1n) is 12.9. The van der Waals surface area contributed by atoms with Crippen LogP contribution >= 0.6 is 11.6 Å². The van der Waals surface area contributed by atoms with Crippen LogP contribution in [0.4, 0.5) is 0 Å². The quantitative estimate of drug-likeness (QED) is 0.340. The molecule has 0 radical (unpaired) electrons. The second-order valence-electron chi connectivity index (χ2n) is 10.6. The molecule has 0 saturated carbocycles. The monoisotopic (exact) mass is 482 g/mol. The lowest BCUT2D eigenvalue weighted by Crippen LogP contribution is -2.28. The first kappa shape index (κ1) is 23.9. The minimum atomic E-state index is -0.244. The maximum atomic E-state index is 6.57. The van der Waals surface area contributed by atoms with Gasteiger partial charge in [0.25, 0.3) is 0 Å². The van der Waals surface area contributed by atoms with Crippen molar-refractivity contribution in [3.05, 3.63) is 104 Å². The van der Waals surface area contributed by atoms with E-state index in [1.807, 2.05) is 0 Å². The molecule has 35 heavy (non-hydrogen) atoms. The highest BCUT2D eigenvalue weighted by Crippen LogP contribution is 2.40. The van der Waals surface area contributed by atoms with Crippen LogP contribution in [0.25, 0.3) is 17.7 Å². The molecule has 1 aliphatic carbocycles.